The number of halogens is 1. The first-order chi connectivity index (χ1) is 18.0. The summed E-state index contributed by atoms with van der Waals surface area (Å²) in [5, 5.41) is 5.10. The van der Waals surface area contributed by atoms with Crippen LogP contribution in [0, 0.1) is 12.8 Å². The number of anilines is 1. The van der Waals surface area contributed by atoms with Crippen LogP contribution in [0.3, 0.4) is 0 Å². The average Bonchev–Trinajstić information content (AvgIpc) is 3.51. The van der Waals surface area contributed by atoms with Gasteiger partial charge in [-0.3, -0.25) is 9.52 Å². The Bertz CT molecular complexity index is 1400. The number of nitrogens with zero attached hydrogens (tertiary/aromatic N) is 5. The SMILES string of the molecule is C=C(NS(C)(=O)=O)/C(=C\C(Cl)=C/C)C(=O)N1CCCC[C@H]1c1cc2nc(N3CC[C@H](CN)C3)c(C)cn2n1. The van der Waals surface area contributed by atoms with Crippen LogP contribution in [0.25, 0.3) is 5.65 Å². The van der Waals surface area contributed by atoms with Gasteiger partial charge in [-0.2, -0.15) is 5.10 Å². The second kappa shape index (κ2) is 11.5. The molecule has 12 heteroatoms. The molecule has 2 aliphatic heterocycles. The molecular weight excluding hydrogens is 526 g/mol. The number of carbonyl (C=O) groups is 1. The topological polar surface area (TPSA) is 126 Å². The van der Waals surface area contributed by atoms with Crippen molar-refractivity contribution < 1.29 is 13.2 Å². The number of rotatable bonds is 8. The van der Waals surface area contributed by atoms with Gasteiger partial charge in [-0.25, -0.2) is 17.9 Å². The molecule has 0 spiro atoms. The number of hydrogen-bond donors (Lipinski definition) is 2. The second-order valence-electron chi connectivity index (χ2n) is 10.1. The standard InChI is InChI=1S/C26H36ClN7O3S/c1-5-20(27)12-21(18(3)31-38(4,36)37)26(35)33-10-7-6-8-23(33)22-13-24-29-25(17(2)15-34(24)30-22)32-11-9-19(14-28)16-32/h5,12-13,15,19,23,31H,3,6-11,14,16,28H2,1-2,4H3/b20-5+,21-12+/t19-,23+/m1/s1. The number of amides is 1. The molecule has 0 unspecified atom stereocenters. The van der Waals surface area contributed by atoms with Gasteiger partial charge in [0.2, 0.25) is 10.0 Å². The zero-order valence-corrected chi connectivity index (χ0v) is 23.7. The molecule has 206 valence electrons. The molecular formula is C26H36ClN7O3S. The highest BCUT2D eigenvalue weighted by Crippen LogP contribution is 2.34. The minimum atomic E-state index is -3.64. The maximum Gasteiger partial charge on any atom is 0.256 e. The predicted molar refractivity (Wildman–Crippen MR) is 150 cm³/mol. The van der Waals surface area contributed by atoms with Crippen LogP contribution in [0.4, 0.5) is 5.82 Å². The minimum absolute atomic E-state index is 0.0276. The number of hydrogen-bond acceptors (Lipinski definition) is 7. The van der Waals surface area contributed by atoms with Gasteiger partial charge in [0.25, 0.3) is 5.91 Å². The first-order valence-electron chi connectivity index (χ1n) is 12.8. The van der Waals surface area contributed by atoms with Crippen molar-refractivity contribution in [1.82, 2.24) is 24.2 Å². The van der Waals surface area contributed by atoms with E-state index in [0.29, 0.717) is 29.7 Å². The monoisotopic (exact) mass is 561 g/mol. The number of sulfonamides is 1. The third-order valence-corrected chi connectivity index (χ3v) is 8.01. The molecule has 2 saturated heterocycles. The molecule has 1 amide bonds. The van der Waals surface area contributed by atoms with Crippen molar-refractivity contribution in [3.05, 3.63) is 58.6 Å². The van der Waals surface area contributed by atoms with Crippen LogP contribution in [0.1, 0.15) is 49.9 Å². The maximum atomic E-state index is 13.8. The summed E-state index contributed by atoms with van der Waals surface area (Å²) in [6, 6.07) is 1.63. The first kappa shape index (κ1) is 28.1. The fourth-order valence-corrected chi connectivity index (χ4v) is 5.80. The van der Waals surface area contributed by atoms with Crippen LogP contribution in [0.5, 0.6) is 0 Å². The van der Waals surface area contributed by atoms with Crippen LogP contribution in [0.2, 0.25) is 0 Å². The number of nitrogens with one attached hydrogen (secondary N) is 1. The van der Waals surface area contributed by atoms with Crippen LogP contribution >= 0.6 is 11.6 Å². The van der Waals surface area contributed by atoms with Crippen molar-refractivity contribution in [1.29, 1.82) is 0 Å². The molecule has 0 radical (unpaired) electrons. The summed E-state index contributed by atoms with van der Waals surface area (Å²) in [4.78, 5) is 22.8. The van der Waals surface area contributed by atoms with Crippen molar-refractivity contribution in [2.45, 2.75) is 45.6 Å². The largest absolute Gasteiger partial charge is 0.356 e. The molecule has 0 aromatic carbocycles. The summed E-state index contributed by atoms with van der Waals surface area (Å²) >= 11 is 6.23. The lowest BCUT2D eigenvalue weighted by Crippen LogP contribution is -2.41. The Morgan fingerprint density at radius 1 is 1.32 bits per heavy atom. The smallest absolute Gasteiger partial charge is 0.256 e. The summed E-state index contributed by atoms with van der Waals surface area (Å²) in [6.45, 7) is 10.6. The lowest BCUT2D eigenvalue weighted by atomic mass is 9.97. The van der Waals surface area contributed by atoms with Gasteiger partial charge in [-0.15, -0.1) is 0 Å². The highest BCUT2D eigenvalue weighted by atomic mass is 35.5. The summed E-state index contributed by atoms with van der Waals surface area (Å²) in [5.41, 5.74) is 8.42. The van der Waals surface area contributed by atoms with Crippen LogP contribution in [-0.4, -0.2) is 66.3 Å². The van der Waals surface area contributed by atoms with Crippen LogP contribution < -0.4 is 15.4 Å². The van der Waals surface area contributed by atoms with E-state index < -0.39 is 10.0 Å². The van der Waals surface area contributed by atoms with E-state index in [1.54, 1.807) is 22.4 Å². The lowest BCUT2D eigenvalue weighted by Gasteiger charge is -2.35. The van der Waals surface area contributed by atoms with Gasteiger partial charge in [-0.1, -0.05) is 24.3 Å². The fraction of sp³-hybridized carbons (Fsp3) is 0.500. The Hall–Kier alpha value is -2.89. The van der Waals surface area contributed by atoms with E-state index in [9.17, 15) is 13.2 Å². The van der Waals surface area contributed by atoms with Gasteiger partial charge in [0.05, 0.1) is 29.3 Å². The second-order valence-corrected chi connectivity index (χ2v) is 12.2. The molecule has 0 aliphatic carbocycles. The first-order valence-corrected chi connectivity index (χ1v) is 15.1. The van der Waals surface area contributed by atoms with E-state index in [4.69, 9.17) is 27.4 Å². The average molecular weight is 562 g/mol. The highest BCUT2D eigenvalue weighted by molar-refractivity contribution is 7.88. The van der Waals surface area contributed by atoms with Crippen molar-refractivity contribution >= 4 is 39.0 Å². The van der Waals surface area contributed by atoms with Crippen molar-refractivity contribution in [2.75, 3.05) is 37.3 Å². The Morgan fingerprint density at radius 3 is 2.74 bits per heavy atom. The zero-order chi connectivity index (χ0) is 27.6. The lowest BCUT2D eigenvalue weighted by molar-refractivity contribution is -0.130. The van der Waals surface area contributed by atoms with E-state index in [-0.39, 0.29) is 23.2 Å². The van der Waals surface area contributed by atoms with Crippen LogP contribution in [0.15, 0.2) is 47.3 Å². The molecule has 2 aromatic rings. The maximum absolute atomic E-state index is 13.8. The summed E-state index contributed by atoms with van der Waals surface area (Å²) < 4.78 is 27.8. The van der Waals surface area contributed by atoms with Crippen molar-refractivity contribution in [2.24, 2.45) is 11.7 Å². The fourth-order valence-electron chi connectivity index (χ4n) is 5.13. The molecule has 2 aromatic heterocycles. The zero-order valence-electron chi connectivity index (χ0n) is 22.2. The normalized spacial score (nSPS) is 21.3. The Morgan fingerprint density at radius 2 is 2.08 bits per heavy atom. The van der Waals surface area contributed by atoms with Gasteiger partial charge in [0.1, 0.15) is 5.82 Å². The van der Waals surface area contributed by atoms with Gasteiger partial charge in [0, 0.05) is 42.5 Å². The summed E-state index contributed by atoms with van der Waals surface area (Å²) in [7, 11) is -3.64. The number of aryl methyl sites for hydroxylation is 1. The van der Waals surface area contributed by atoms with E-state index in [0.717, 1.165) is 62.1 Å². The summed E-state index contributed by atoms with van der Waals surface area (Å²) in [5.74, 6) is 1.05. The number of nitrogens with two attached hydrogens (primary N) is 1. The van der Waals surface area contributed by atoms with Crippen LogP contribution in [-0.2, 0) is 14.8 Å². The number of allylic oxidation sites excluding steroid dienone is 3. The van der Waals surface area contributed by atoms with Gasteiger partial charge >= 0.3 is 0 Å². The molecule has 38 heavy (non-hydrogen) atoms. The Kier molecular flexibility index (Phi) is 8.49. The molecule has 10 nitrogen and oxygen atoms in total. The molecule has 4 heterocycles. The quantitative estimate of drug-likeness (QED) is 0.375. The van der Waals surface area contributed by atoms with Gasteiger partial charge in [0.15, 0.2) is 5.65 Å². The van der Waals surface area contributed by atoms with E-state index in [2.05, 4.69) is 16.2 Å². The van der Waals surface area contributed by atoms with Crippen molar-refractivity contribution in [3.8, 4) is 0 Å². The number of piperidine rings is 1. The third kappa shape index (κ3) is 6.22. The molecule has 0 saturated carbocycles. The Labute approximate surface area is 229 Å². The Balaban J connectivity index is 1.67. The van der Waals surface area contributed by atoms with E-state index in [1.807, 2.05) is 19.2 Å². The third-order valence-electron chi connectivity index (χ3n) is 7.07. The molecule has 2 fully saturated rings. The van der Waals surface area contributed by atoms with Gasteiger partial charge in [-0.05, 0) is 58.1 Å². The predicted octanol–water partition coefficient (Wildman–Crippen LogP) is 3.01. The highest BCUT2D eigenvalue weighted by Gasteiger charge is 2.33. The van der Waals surface area contributed by atoms with E-state index >= 15 is 0 Å². The van der Waals surface area contributed by atoms with Gasteiger partial charge < -0.3 is 15.5 Å². The molecule has 4 rings (SSSR count). The number of aromatic nitrogens is 3. The molecule has 2 aliphatic rings. The van der Waals surface area contributed by atoms with Crippen molar-refractivity contribution in [3.63, 3.8) is 0 Å². The summed E-state index contributed by atoms with van der Waals surface area (Å²) in [6.07, 6.45) is 9.60. The number of fused-ring (bicyclic) bond motifs is 1. The van der Waals surface area contributed by atoms with E-state index in [1.165, 1.54) is 6.08 Å². The number of carbonyl (C=O) groups excluding carboxylic acids is 1. The minimum Gasteiger partial charge on any atom is -0.356 e. The molecule has 0 bridgehead atoms. The molecule has 3 N–H and O–H groups in total. The number of likely N-dealkylation sites (tertiary alicyclic amines) is 1. The molecule has 2 atom stereocenters.